The van der Waals surface area contributed by atoms with Gasteiger partial charge in [-0.2, -0.15) is 10.2 Å². The standard InChI is InChI=1S/C11H16N4O/c1-9(2)15-7-11(5-13-15)16-8-10-4-12-14(3)6-10/h4-7,9H,8H2,1-3H3. The third kappa shape index (κ3) is 2.42. The highest BCUT2D eigenvalue weighted by atomic mass is 16.5. The molecule has 0 radical (unpaired) electrons. The average Bonchev–Trinajstić information content (AvgIpc) is 2.83. The van der Waals surface area contributed by atoms with E-state index in [9.17, 15) is 0 Å². The van der Waals surface area contributed by atoms with E-state index in [2.05, 4.69) is 24.0 Å². The first-order valence-corrected chi connectivity index (χ1v) is 5.29. The fourth-order valence-corrected chi connectivity index (χ4v) is 1.39. The maximum atomic E-state index is 5.60. The van der Waals surface area contributed by atoms with Gasteiger partial charge in [-0.25, -0.2) is 0 Å². The first kappa shape index (κ1) is 10.7. The summed E-state index contributed by atoms with van der Waals surface area (Å²) in [5.74, 6) is 0.789. The highest BCUT2D eigenvalue weighted by Crippen LogP contribution is 2.13. The van der Waals surface area contributed by atoms with Crippen molar-refractivity contribution in [3.8, 4) is 5.75 Å². The molecule has 0 unspecified atom stereocenters. The summed E-state index contributed by atoms with van der Waals surface area (Å²) in [5, 5.41) is 8.28. The minimum absolute atomic E-state index is 0.357. The molecular weight excluding hydrogens is 204 g/mol. The van der Waals surface area contributed by atoms with Gasteiger partial charge < -0.3 is 4.74 Å². The first-order valence-electron chi connectivity index (χ1n) is 5.29. The molecule has 2 aromatic heterocycles. The normalized spacial score (nSPS) is 11.0. The Bertz CT molecular complexity index is 458. The van der Waals surface area contributed by atoms with Crippen LogP contribution in [-0.2, 0) is 13.7 Å². The summed E-state index contributed by atoms with van der Waals surface area (Å²) in [6, 6.07) is 0.357. The third-order valence-corrected chi connectivity index (χ3v) is 2.27. The van der Waals surface area contributed by atoms with Gasteiger partial charge >= 0.3 is 0 Å². The van der Waals surface area contributed by atoms with E-state index in [0.29, 0.717) is 12.6 Å². The third-order valence-electron chi connectivity index (χ3n) is 2.27. The Labute approximate surface area is 94.6 Å². The molecule has 0 aromatic carbocycles. The Morgan fingerprint density at radius 3 is 2.62 bits per heavy atom. The number of hydrogen-bond donors (Lipinski definition) is 0. The molecule has 0 amide bonds. The number of aromatic nitrogens is 4. The Morgan fingerprint density at radius 1 is 1.25 bits per heavy atom. The van der Waals surface area contributed by atoms with E-state index in [1.807, 2.05) is 24.1 Å². The van der Waals surface area contributed by atoms with Crippen molar-refractivity contribution in [3.05, 3.63) is 30.4 Å². The number of aryl methyl sites for hydroxylation is 1. The van der Waals surface area contributed by atoms with Gasteiger partial charge in [-0.05, 0) is 13.8 Å². The van der Waals surface area contributed by atoms with Gasteiger partial charge in [0.1, 0.15) is 6.61 Å². The van der Waals surface area contributed by atoms with Gasteiger partial charge in [-0.15, -0.1) is 0 Å². The molecule has 5 nitrogen and oxygen atoms in total. The summed E-state index contributed by atoms with van der Waals surface area (Å²) in [6.07, 6.45) is 7.37. The zero-order valence-electron chi connectivity index (χ0n) is 9.79. The molecule has 2 heterocycles. The van der Waals surface area contributed by atoms with Crippen molar-refractivity contribution >= 4 is 0 Å². The van der Waals surface area contributed by atoms with Gasteiger partial charge in [-0.1, -0.05) is 0 Å². The maximum Gasteiger partial charge on any atom is 0.157 e. The van der Waals surface area contributed by atoms with E-state index in [1.165, 1.54) is 0 Å². The molecule has 0 atom stereocenters. The van der Waals surface area contributed by atoms with Gasteiger partial charge in [0.05, 0.1) is 18.6 Å². The van der Waals surface area contributed by atoms with E-state index in [4.69, 9.17) is 4.74 Å². The molecule has 2 aromatic rings. The van der Waals surface area contributed by atoms with Crippen LogP contribution in [0, 0.1) is 0 Å². The summed E-state index contributed by atoms with van der Waals surface area (Å²) in [6.45, 7) is 4.69. The molecular formula is C11H16N4O. The Balaban J connectivity index is 1.94. The van der Waals surface area contributed by atoms with Crippen molar-refractivity contribution in [2.24, 2.45) is 7.05 Å². The average molecular weight is 220 g/mol. The summed E-state index contributed by atoms with van der Waals surface area (Å²) in [7, 11) is 1.89. The lowest BCUT2D eigenvalue weighted by atomic mass is 10.4. The molecule has 0 N–H and O–H groups in total. The number of hydrogen-bond acceptors (Lipinski definition) is 3. The molecule has 0 saturated heterocycles. The SMILES string of the molecule is CC(C)n1cc(OCc2cnn(C)c2)cn1. The molecule has 16 heavy (non-hydrogen) atoms. The minimum atomic E-state index is 0.357. The lowest BCUT2D eigenvalue weighted by Gasteiger charge is -2.03. The quantitative estimate of drug-likeness (QED) is 0.789. The molecule has 0 aliphatic heterocycles. The van der Waals surface area contributed by atoms with Gasteiger partial charge in [-0.3, -0.25) is 9.36 Å². The molecule has 0 fully saturated rings. The highest BCUT2D eigenvalue weighted by molar-refractivity contribution is 5.13. The van der Waals surface area contributed by atoms with Crippen molar-refractivity contribution < 1.29 is 4.74 Å². The van der Waals surface area contributed by atoms with Crippen LogP contribution in [0.15, 0.2) is 24.8 Å². The molecule has 0 aliphatic carbocycles. The topological polar surface area (TPSA) is 44.9 Å². The Hall–Kier alpha value is -1.78. The lowest BCUT2D eigenvalue weighted by molar-refractivity contribution is 0.305. The fraction of sp³-hybridized carbons (Fsp3) is 0.455. The van der Waals surface area contributed by atoms with Gasteiger partial charge in [0.25, 0.3) is 0 Å². The van der Waals surface area contributed by atoms with Crippen molar-refractivity contribution in [3.63, 3.8) is 0 Å². The second-order valence-electron chi connectivity index (χ2n) is 4.06. The molecule has 86 valence electrons. The van der Waals surface area contributed by atoms with Crippen molar-refractivity contribution in [2.45, 2.75) is 26.5 Å². The van der Waals surface area contributed by atoms with Crippen LogP contribution < -0.4 is 4.74 Å². The Morgan fingerprint density at radius 2 is 2.06 bits per heavy atom. The van der Waals surface area contributed by atoms with Crippen LogP contribution >= 0.6 is 0 Å². The molecule has 0 bridgehead atoms. The minimum Gasteiger partial charge on any atom is -0.485 e. The highest BCUT2D eigenvalue weighted by Gasteiger charge is 2.03. The van der Waals surface area contributed by atoms with Crippen LogP contribution in [0.25, 0.3) is 0 Å². The predicted molar refractivity (Wildman–Crippen MR) is 60.2 cm³/mol. The second-order valence-corrected chi connectivity index (χ2v) is 4.06. The number of ether oxygens (including phenoxy) is 1. The van der Waals surface area contributed by atoms with Crippen LogP contribution in [-0.4, -0.2) is 19.6 Å². The Kier molecular flexibility index (Phi) is 2.94. The van der Waals surface area contributed by atoms with Crippen LogP contribution in [0.3, 0.4) is 0 Å². The maximum absolute atomic E-state index is 5.60. The monoisotopic (exact) mass is 220 g/mol. The summed E-state index contributed by atoms with van der Waals surface area (Å²) >= 11 is 0. The van der Waals surface area contributed by atoms with E-state index in [-0.39, 0.29) is 0 Å². The molecule has 0 saturated carbocycles. The summed E-state index contributed by atoms with van der Waals surface area (Å²) < 4.78 is 9.23. The van der Waals surface area contributed by atoms with Gasteiger partial charge in [0.15, 0.2) is 5.75 Å². The molecule has 0 spiro atoms. The first-order chi connectivity index (χ1) is 7.65. The van der Waals surface area contributed by atoms with Crippen LogP contribution in [0.2, 0.25) is 0 Å². The number of rotatable bonds is 4. The van der Waals surface area contributed by atoms with E-state index in [1.54, 1.807) is 17.1 Å². The van der Waals surface area contributed by atoms with E-state index < -0.39 is 0 Å². The molecule has 2 rings (SSSR count). The number of nitrogens with zero attached hydrogens (tertiary/aromatic N) is 4. The molecule has 0 aliphatic rings. The molecule has 5 heteroatoms. The van der Waals surface area contributed by atoms with Crippen LogP contribution in [0.1, 0.15) is 25.5 Å². The summed E-state index contributed by atoms with van der Waals surface area (Å²) in [5.41, 5.74) is 1.06. The van der Waals surface area contributed by atoms with Gasteiger partial charge in [0, 0.05) is 24.8 Å². The lowest BCUT2D eigenvalue weighted by Crippen LogP contribution is -2.00. The van der Waals surface area contributed by atoms with Crippen LogP contribution in [0.4, 0.5) is 0 Å². The second kappa shape index (κ2) is 4.38. The van der Waals surface area contributed by atoms with Crippen molar-refractivity contribution in [1.82, 2.24) is 19.6 Å². The van der Waals surface area contributed by atoms with Gasteiger partial charge in [0.2, 0.25) is 0 Å². The summed E-state index contributed by atoms with van der Waals surface area (Å²) in [4.78, 5) is 0. The largest absolute Gasteiger partial charge is 0.485 e. The van der Waals surface area contributed by atoms with Crippen molar-refractivity contribution in [1.29, 1.82) is 0 Å². The van der Waals surface area contributed by atoms with Crippen molar-refractivity contribution in [2.75, 3.05) is 0 Å². The van der Waals surface area contributed by atoms with E-state index >= 15 is 0 Å². The predicted octanol–water partition coefficient (Wildman–Crippen LogP) is 1.78. The van der Waals surface area contributed by atoms with Crippen LogP contribution in [0.5, 0.6) is 5.75 Å². The fourth-order valence-electron chi connectivity index (χ4n) is 1.39. The zero-order chi connectivity index (χ0) is 11.5. The zero-order valence-corrected chi connectivity index (χ0v) is 9.79. The smallest absolute Gasteiger partial charge is 0.157 e. The van der Waals surface area contributed by atoms with E-state index in [0.717, 1.165) is 11.3 Å².